The molecule has 28 heavy (non-hydrogen) atoms. The summed E-state index contributed by atoms with van der Waals surface area (Å²) in [5, 5.41) is 14.7. The van der Waals surface area contributed by atoms with Crippen molar-refractivity contribution in [2.24, 2.45) is 0 Å². The third-order valence-corrected chi connectivity index (χ3v) is 3.43. The first kappa shape index (κ1) is 20.5. The molecule has 0 radical (unpaired) electrons. The molecule has 146 valence electrons. The van der Waals surface area contributed by atoms with E-state index in [1.54, 1.807) is 31.2 Å². The average molecular weight is 385 g/mol. The van der Waals surface area contributed by atoms with E-state index in [0.717, 1.165) is 0 Å². The van der Waals surface area contributed by atoms with Crippen molar-refractivity contribution in [1.82, 2.24) is 5.16 Å². The summed E-state index contributed by atoms with van der Waals surface area (Å²) in [5.41, 5.74) is 0.647. The molecule has 1 amide bonds. The number of nitrogens with zero attached hydrogens (tertiary/aromatic N) is 2. The summed E-state index contributed by atoms with van der Waals surface area (Å²) in [6, 6.07) is 8.36. The fourth-order valence-electron chi connectivity index (χ4n) is 2.10. The number of nitrogens with one attached hydrogen (secondary N) is 1. The largest absolute Gasteiger partial charge is 0.493 e. The van der Waals surface area contributed by atoms with Crippen molar-refractivity contribution in [2.75, 3.05) is 19.0 Å². The van der Waals surface area contributed by atoms with Gasteiger partial charge in [0.2, 0.25) is 0 Å². The van der Waals surface area contributed by atoms with Gasteiger partial charge < -0.3 is 24.1 Å². The van der Waals surface area contributed by atoms with Crippen molar-refractivity contribution in [3.8, 4) is 17.6 Å². The van der Waals surface area contributed by atoms with E-state index in [4.69, 9.17) is 24.0 Å². The van der Waals surface area contributed by atoms with Crippen LogP contribution in [0.2, 0.25) is 0 Å². The molecule has 0 unspecified atom stereocenters. The van der Waals surface area contributed by atoms with Crippen LogP contribution in [0.25, 0.3) is 6.08 Å². The van der Waals surface area contributed by atoms with Gasteiger partial charge in [0, 0.05) is 12.1 Å². The topological polar surface area (TPSA) is 124 Å². The number of carbonyl (C=O) groups is 2. The Kier molecular flexibility index (Phi) is 7.16. The van der Waals surface area contributed by atoms with Crippen molar-refractivity contribution >= 4 is 23.8 Å². The first-order chi connectivity index (χ1) is 13.4. The van der Waals surface area contributed by atoms with E-state index in [1.807, 2.05) is 6.07 Å². The van der Waals surface area contributed by atoms with Gasteiger partial charge in [-0.1, -0.05) is 11.2 Å². The Morgan fingerprint density at radius 1 is 1.36 bits per heavy atom. The Labute approximate surface area is 161 Å². The van der Waals surface area contributed by atoms with E-state index < -0.39 is 18.0 Å². The number of rotatable bonds is 8. The van der Waals surface area contributed by atoms with Crippen LogP contribution in [0.1, 0.15) is 18.2 Å². The SMILES string of the molecule is COc1cc(/C=C/C(=O)O[C@@H](C)C(=O)Nc2cc(C)on2)ccc1OCC#N. The predicted octanol–water partition coefficient (Wildman–Crippen LogP) is 2.48. The number of amides is 1. The highest BCUT2D eigenvalue weighted by molar-refractivity contribution is 5.96. The summed E-state index contributed by atoms with van der Waals surface area (Å²) in [4.78, 5) is 23.9. The molecule has 0 bridgehead atoms. The van der Waals surface area contributed by atoms with E-state index in [2.05, 4.69) is 10.5 Å². The molecule has 0 aliphatic carbocycles. The lowest BCUT2D eigenvalue weighted by Gasteiger charge is -2.11. The minimum Gasteiger partial charge on any atom is -0.493 e. The molecule has 1 aromatic carbocycles. The molecule has 0 aliphatic heterocycles. The molecule has 0 aliphatic rings. The molecular formula is C19H19N3O6. The van der Waals surface area contributed by atoms with Crippen LogP contribution in [0.4, 0.5) is 5.82 Å². The molecule has 0 fully saturated rings. The normalized spacial score (nSPS) is 11.5. The number of anilines is 1. The van der Waals surface area contributed by atoms with Crippen LogP contribution in [0.15, 0.2) is 34.9 Å². The van der Waals surface area contributed by atoms with Crippen molar-refractivity contribution in [2.45, 2.75) is 20.0 Å². The fourth-order valence-corrected chi connectivity index (χ4v) is 2.10. The maximum atomic E-state index is 12.0. The van der Waals surface area contributed by atoms with E-state index in [-0.39, 0.29) is 12.4 Å². The monoisotopic (exact) mass is 385 g/mol. The average Bonchev–Trinajstić information content (AvgIpc) is 3.09. The first-order valence-corrected chi connectivity index (χ1v) is 8.23. The Balaban J connectivity index is 1.93. The summed E-state index contributed by atoms with van der Waals surface area (Å²) in [5.74, 6) is 0.395. The second kappa shape index (κ2) is 9.78. The molecule has 0 saturated heterocycles. The quantitative estimate of drug-likeness (QED) is 0.543. The lowest BCUT2D eigenvalue weighted by molar-refractivity contribution is -0.148. The molecule has 2 aromatic rings. The minimum atomic E-state index is -1.02. The highest BCUT2D eigenvalue weighted by Gasteiger charge is 2.18. The molecule has 1 aromatic heterocycles. The number of hydrogen-bond donors (Lipinski definition) is 1. The van der Waals surface area contributed by atoms with E-state index in [9.17, 15) is 9.59 Å². The van der Waals surface area contributed by atoms with Gasteiger partial charge in [-0.25, -0.2) is 4.79 Å². The van der Waals surface area contributed by atoms with Gasteiger partial charge >= 0.3 is 5.97 Å². The molecule has 1 heterocycles. The van der Waals surface area contributed by atoms with Crippen LogP contribution in [0, 0.1) is 18.3 Å². The highest BCUT2D eigenvalue weighted by Crippen LogP contribution is 2.28. The lowest BCUT2D eigenvalue weighted by atomic mass is 10.2. The predicted molar refractivity (Wildman–Crippen MR) is 98.6 cm³/mol. The van der Waals surface area contributed by atoms with Gasteiger partial charge in [-0.3, -0.25) is 4.79 Å². The van der Waals surface area contributed by atoms with Crippen LogP contribution < -0.4 is 14.8 Å². The van der Waals surface area contributed by atoms with Crippen molar-refractivity contribution in [3.63, 3.8) is 0 Å². The number of hydrogen-bond acceptors (Lipinski definition) is 8. The van der Waals surface area contributed by atoms with Crippen LogP contribution >= 0.6 is 0 Å². The molecule has 0 spiro atoms. The maximum Gasteiger partial charge on any atom is 0.331 e. The Hall–Kier alpha value is -3.80. The maximum absolute atomic E-state index is 12.0. The Bertz CT molecular complexity index is 913. The van der Waals surface area contributed by atoms with Gasteiger partial charge in [-0.05, 0) is 37.6 Å². The number of carbonyl (C=O) groups excluding carboxylic acids is 2. The molecule has 2 rings (SSSR count). The molecule has 9 nitrogen and oxygen atoms in total. The number of aromatic nitrogens is 1. The van der Waals surface area contributed by atoms with Crippen LogP contribution in [0.3, 0.4) is 0 Å². The summed E-state index contributed by atoms with van der Waals surface area (Å²) in [7, 11) is 1.47. The van der Waals surface area contributed by atoms with E-state index in [1.165, 1.54) is 26.2 Å². The zero-order chi connectivity index (χ0) is 20.5. The number of esters is 1. The third-order valence-electron chi connectivity index (χ3n) is 3.43. The lowest BCUT2D eigenvalue weighted by Crippen LogP contribution is -2.29. The smallest absolute Gasteiger partial charge is 0.331 e. The van der Waals surface area contributed by atoms with Crippen LogP contribution in [0.5, 0.6) is 11.5 Å². The van der Waals surface area contributed by atoms with E-state index >= 15 is 0 Å². The zero-order valence-corrected chi connectivity index (χ0v) is 15.6. The fraction of sp³-hybridized carbons (Fsp3) is 0.263. The van der Waals surface area contributed by atoms with Crippen LogP contribution in [-0.2, 0) is 14.3 Å². The van der Waals surface area contributed by atoms with Gasteiger partial charge in [0.15, 0.2) is 30.0 Å². The van der Waals surface area contributed by atoms with Crippen molar-refractivity contribution < 1.29 is 28.3 Å². The molecule has 1 atom stereocenters. The second-order valence-corrected chi connectivity index (χ2v) is 5.58. The zero-order valence-electron chi connectivity index (χ0n) is 15.6. The number of nitriles is 1. The minimum absolute atomic E-state index is 0.105. The molecule has 9 heteroatoms. The molecule has 0 saturated carbocycles. The Morgan fingerprint density at radius 3 is 2.79 bits per heavy atom. The summed E-state index contributed by atoms with van der Waals surface area (Å²) >= 11 is 0. The number of methoxy groups -OCH3 is 1. The Morgan fingerprint density at radius 2 is 2.14 bits per heavy atom. The molecule has 1 N–H and O–H groups in total. The number of ether oxygens (including phenoxy) is 3. The van der Waals surface area contributed by atoms with Gasteiger partial charge in [-0.2, -0.15) is 5.26 Å². The third kappa shape index (κ3) is 5.88. The van der Waals surface area contributed by atoms with Gasteiger partial charge in [0.05, 0.1) is 7.11 Å². The van der Waals surface area contributed by atoms with Gasteiger partial charge in [0.25, 0.3) is 5.91 Å². The van der Waals surface area contributed by atoms with Crippen LogP contribution in [-0.4, -0.2) is 36.9 Å². The van der Waals surface area contributed by atoms with Crippen molar-refractivity contribution in [1.29, 1.82) is 5.26 Å². The summed E-state index contributed by atoms with van der Waals surface area (Å²) in [6.07, 6.45) is 1.67. The van der Waals surface area contributed by atoms with E-state index in [0.29, 0.717) is 22.8 Å². The first-order valence-electron chi connectivity index (χ1n) is 8.23. The molecular weight excluding hydrogens is 366 g/mol. The summed E-state index contributed by atoms with van der Waals surface area (Å²) < 4.78 is 20.3. The second-order valence-electron chi connectivity index (χ2n) is 5.58. The van der Waals surface area contributed by atoms with Gasteiger partial charge in [-0.15, -0.1) is 0 Å². The van der Waals surface area contributed by atoms with Gasteiger partial charge in [0.1, 0.15) is 11.8 Å². The standard InChI is InChI=1S/C19H19N3O6/c1-12-10-17(22-28-12)21-19(24)13(2)27-18(23)7-5-14-4-6-15(26-9-8-20)16(11-14)25-3/h4-7,10-11,13H,9H2,1-3H3,(H,21,22,24)/b7-5+/t13-/m0/s1. The van der Waals surface area contributed by atoms with Crippen molar-refractivity contribution in [3.05, 3.63) is 41.7 Å². The number of benzene rings is 1. The summed E-state index contributed by atoms with van der Waals surface area (Å²) in [6.45, 7) is 3.03. The number of aryl methyl sites for hydroxylation is 1. The highest BCUT2D eigenvalue weighted by atomic mass is 16.5.